The quantitative estimate of drug-likeness (QED) is 0.672. The first-order valence-corrected chi connectivity index (χ1v) is 5.53. The lowest BCUT2D eigenvalue weighted by Crippen LogP contribution is -2.00. The Hall–Kier alpha value is -0.200. The highest BCUT2D eigenvalue weighted by molar-refractivity contribution is 6.18. The number of alkyl halides is 2. The normalized spacial score (nSPS) is 12.8. The van der Waals surface area contributed by atoms with E-state index in [1.165, 1.54) is 11.1 Å². The van der Waals surface area contributed by atoms with Crippen LogP contribution in [-0.4, -0.2) is 5.88 Å². The van der Waals surface area contributed by atoms with Crippen LogP contribution in [0, 0.1) is 5.92 Å². The molecule has 0 aliphatic rings. The van der Waals surface area contributed by atoms with Crippen LogP contribution in [0.3, 0.4) is 0 Å². The average Bonchev–Trinajstić information content (AvgIpc) is 2.19. The highest BCUT2D eigenvalue weighted by atomic mass is 35.5. The molecular weight excluding hydrogens is 203 g/mol. The van der Waals surface area contributed by atoms with Gasteiger partial charge in [-0.05, 0) is 23.5 Å². The van der Waals surface area contributed by atoms with Crippen LogP contribution >= 0.6 is 23.2 Å². The minimum absolute atomic E-state index is 0.545. The number of benzene rings is 1. The van der Waals surface area contributed by atoms with Gasteiger partial charge in [-0.1, -0.05) is 31.2 Å². The van der Waals surface area contributed by atoms with Gasteiger partial charge in [0.15, 0.2) is 0 Å². The molecular formula is C11H14Cl2. The largest absolute Gasteiger partial charge is 0.126 e. The van der Waals surface area contributed by atoms with Crippen molar-refractivity contribution in [1.29, 1.82) is 0 Å². The lowest BCUT2D eigenvalue weighted by molar-refractivity contribution is 0.654. The van der Waals surface area contributed by atoms with Gasteiger partial charge in [-0.25, -0.2) is 0 Å². The van der Waals surface area contributed by atoms with Gasteiger partial charge in [0.05, 0.1) is 0 Å². The maximum absolute atomic E-state index is 5.74. The van der Waals surface area contributed by atoms with Gasteiger partial charge in [0.25, 0.3) is 0 Å². The Morgan fingerprint density at radius 3 is 2.08 bits per heavy atom. The minimum Gasteiger partial charge on any atom is -0.126 e. The fourth-order valence-corrected chi connectivity index (χ4v) is 1.51. The molecule has 0 nitrogen and oxygen atoms in total. The molecule has 0 spiro atoms. The van der Waals surface area contributed by atoms with Crippen molar-refractivity contribution in [2.24, 2.45) is 5.92 Å². The molecule has 72 valence electrons. The predicted octanol–water partition coefficient (Wildman–Crippen LogP) is 3.84. The van der Waals surface area contributed by atoms with Crippen LogP contribution in [0.15, 0.2) is 24.3 Å². The molecule has 0 saturated heterocycles. The van der Waals surface area contributed by atoms with Gasteiger partial charge >= 0.3 is 0 Å². The van der Waals surface area contributed by atoms with Gasteiger partial charge in [-0.15, -0.1) is 23.2 Å². The van der Waals surface area contributed by atoms with Gasteiger partial charge in [0.1, 0.15) is 0 Å². The summed E-state index contributed by atoms with van der Waals surface area (Å²) in [5, 5.41) is 0. The summed E-state index contributed by atoms with van der Waals surface area (Å²) in [5.41, 5.74) is 2.51. The monoisotopic (exact) mass is 216 g/mol. The molecule has 13 heavy (non-hydrogen) atoms. The zero-order valence-electron chi connectivity index (χ0n) is 7.76. The Kier molecular flexibility index (Phi) is 4.61. The summed E-state index contributed by atoms with van der Waals surface area (Å²) in [4.78, 5) is 0. The summed E-state index contributed by atoms with van der Waals surface area (Å²) < 4.78 is 0. The maximum Gasteiger partial charge on any atom is 0.0474 e. The zero-order valence-corrected chi connectivity index (χ0v) is 9.28. The highest BCUT2D eigenvalue weighted by Gasteiger charge is 2.01. The standard InChI is InChI=1S/C11H14Cl2/c1-9(7-12)6-10-2-4-11(8-13)5-3-10/h2-5,9H,6-8H2,1H3. The summed E-state index contributed by atoms with van der Waals surface area (Å²) in [5.74, 6) is 1.85. The Bertz CT molecular complexity index is 241. The van der Waals surface area contributed by atoms with E-state index in [4.69, 9.17) is 23.2 Å². The van der Waals surface area contributed by atoms with Crippen molar-refractivity contribution < 1.29 is 0 Å². The number of rotatable bonds is 4. The lowest BCUT2D eigenvalue weighted by atomic mass is 10.0. The van der Waals surface area contributed by atoms with Gasteiger partial charge < -0.3 is 0 Å². The molecule has 0 aliphatic heterocycles. The molecule has 0 aromatic heterocycles. The van der Waals surface area contributed by atoms with Crippen molar-refractivity contribution in [3.63, 3.8) is 0 Å². The van der Waals surface area contributed by atoms with Gasteiger partial charge in [-0.3, -0.25) is 0 Å². The predicted molar refractivity (Wildman–Crippen MR) is 59.6 cm³/mol. The molecule has 1 unspecified atom stereocenters. The van der Waals surface area contributed by atoms with Crippen molar-refractivity contribution in [2.45, 2.75) is 19.2 Å². The van der Waals surface area contributed by atoms with Crippen LogP contribution in [0.1, 0.15) is 18.1 Å². The van der Waals surface area contributed by atoms with Crippen molar-refractivity contribution in [1.82, 2.24) is 0 Å². The third-order valence-corrected chi connectivity index (χ3v) is 2.86. The Morgan fingerprint density at radius 1 is 1.08 bits per heavy atom. The molecule has 0 N–H and O–H groups in total. The van der Waals surface area contributed by atoms with E-state index >= 15 is 0 Å². The maximum atomic E-state index is 5.74. The molecule has 0 radical (unpaired) electrons. The Balaban J connectivity index is 2.58. The number of hydrogen-bond donors (Lipinski definition) is 0. The van der Waals surface area contributed by atoms with E-state index in [2.05, 4.69) is 31.2 Å². The van der Waals surface area contributed by atoms with E-state index in [9.17, 15) is 0 Å². The van der Waals surface area contributed by atoms with Gasteiger partial charge in [-0.2, -0.15) is 0 Å². The molecule has 0 heterocycles. The van der Waals surface area contributed by atoms with Crippen molar-refractivity contribution in [3.05, 3.63) is 35.4 Å². The first-order chi connectivity index (χ1) is 6.26. The van der Waals surface area contributed by atoms with Crippen molar-refractivity contribution in [3.8, 4) is 0 Å². The first-order valence-electron chi connectivity index (χ1n) is 4.46. The van der Waals surface area contributed by atoms with Crippen LogP contribution < -0.4 is 0 Å². The molecule has 1 aromatic carbocycles. The molecule has 0 amide bonds. The lowest BCUT2D eigenvalue weighted by Gasteiger charge is -2.07. The van der Waals surface area contributed by atoms with E-state index in [-0.39, 0.29) is 0 Å². The molecule has 1 atom stereocenters. The third-order valence-electron chi connectivity index (χ3n) is 2.02. The van der Waals surface area contributed by atoms with E-state index < -0.39 is 0 Å². The molecule has 0 bridgehead atoms. The van der Waals surface area contributed by atoms with Crippen LogP contribution in [0.2, 0.25) is 0 Å². The molecule has 1 aromatic rings. The third kappa shape index (κ3) is 3.58. The highest BCUT2D eigenvalue weighted by Crippen LogP contribution is 2.12. The topological polar surface area (TPSA) is 0 Å². The van der Waals surface area contributed by atoms with Crippen LogP contribution in [0.25, 0.3) is 0 Å². The van der Waals surface area contributed by atoms with Crippen LogP contribution in [0.5, 0.6) is 0 Å². The van der Waals surface area contributed by atoms with E-state index in [1.807, 2.05) is 0 Å². The number of hydrogen-bond acceptors (Lipinski definition) is 0. The summed E-state index contributed by atoms with van der Waals surface area (Å²) in [6.07, 6.45) is 1.05. The summed E-state index contributed by atoms with van der Waals surface area (Å²) in [7, 11) is 0. The molecule has 2 heteroatoms. The van der Waals surface area contributed by atoms with E-state index in [1.54, 1.807) is 0 Å². The molecule has 0 fully saturated rings. The van der Waals surface area contributed by atoms with Crippen molar-refractivity contribution >= 4 is 23.2 Å². The average molecular weight is 217 g/mol. The van der Waals surface area contributed by atoms with Crippen molar-refractivity contribution in [2.75, 3.05) is 5.88 Å². The first kappa shape index (κ1) is 10.9. The molecule has 0 aliphatic carbocycles. The Labute approximate surface area is 89.9 Å². The second kappa shape index (κ2) is 5.51. The fraction of sp³-hybridized carbons (Fsp3) is 0.455. The summed E-state index contributed by atoms with van der Waals surface area (Å²) in [6, 6.07) is 8.40. The smallest absolute Gasteiger partial charge is 0.0474 e. The van der Waals surface area contributed by atoms with Gasteiger partial charge in [0, 0.05) is 11.8 Å². The van der Waals surface area contributed by atoms with E-state index in [0.717, 1.165) is 12.3 Å². The van der Waals surface area contributed by atoms with Gasteiger partial charge in [0.2, 0.25) is 0 Å². The molecule has 1 rings (SSSR count). The molecule has 0 saturated carbocycles. The fourth-order valence-electron chi connectivity index (χ4n) is 1.22. The van der Waals surface area contributed by atoms with Crippen LogP contribution in [-0.2, 0) is 12.3 Å². The SMILES string of the molecule is CC(CCl)Cc1ccc(CCl)cc1. The van der Waals surface area contributed by atoms with Crippen LogP contribution in [0.4, 0.5) is 0 Å². The summed E-state index contributed by atoms with van der Waals surface area (Å²) in [6.45, 7) is 2.16. The zero-order chi connectivity index (χ0) is 9.68. The summed E-state index contributed by atoms with van der Waals surface area (Å²) >= 11 is 11.4. The Morgan fingerprint density at radius 2 is 1.62 bits per heavy atom. The minimum atomic E-state index is 0.545. The van der Waals surface area contributed by atoms with E-state index in [0.29, 0.717) is 11.8 Å². The second-order valence-electron chi connectivity index (χ2n) is 3.41. The number of halogens is 2. The second-order valence-corrected chi connectivity index (χ2v) is 3.99.